The summed E-state index contributed by atoms with van der Waals surface area (Å²) in [6, 6.07) is 4.79. The summed E-state index contributed by atoms with van der Waals surface area (Å²) >= 11 is 0. The highest BCUT2D eigenvalue weighted by Crippen LogP contribution is 2.21. The Bertz CT molecular complexity index is 512. The highest BCUT2D eigenvalue weighted by Gasteiger charge is 2.26. The molecule has 2 aromatic rings. The van der Waals surface area contributed by atoms with E-state index in [1.807, 2.05) is 25.3 Å². The molecule has 1 aliphatic rings. The van der Waals surface area contributed by atoms with Crippen molar-refractivity contribution >= 4 is 11.6 Å². The summed E-state index contributed by atoms with van der Waals surface area (Å²) in [4.78, 5) is 4.46. The number of fused-ring (bicyclic) bond motifs is 1. The minimum absolute atomic E-state index is 0.344. The molecule has 16 heavy (non-hydrogen) atoms. The molecule has 0 radical (unpaired) electrons. The number of nitrogens with two attached hydrogens (primary N) is 1. The van der Waals surface area contributed by atoms with Crippen LogP contribution in [-0.4, -0.2) is 26.7 Å². The van der Waals surface area contributed by atoms with Crippen molar-refractivity contribution < 1.29 is 0 Å². The van der Waals surface area contributed by atoms with Crippen molar-refractivity contribution in [3.8, 4) is 0 Å². The minimum atomic E-state index is 0.344. The zero-order valence-corrected chi connectivity index (χ0v) is 9.22. The lowest BCUT2D eigenvalue weighted by Gasteiger charge is -2.32. The van der Waals surface area contributed by atoms with E-state index in [0.29, 0.717) is 18.0 Å². The zero-order chi connectivity index (χ0) is 11.1. The van der Waals surface area contributed by atoms with Gasteiger partial charge in [-0.05, 0) is 31.4 Å². The summed E-state index contributed by atoms with van der Waals surface area (Å²) in [7, 11) is 0. The highest BCUT2D eigenvalue weighted by molar-refractivity contribution is 5.50. The van der Waals surface area contributed by atoms with Crippen molar-refractivity contribution in [3.05, 3.63) is 23.9 Å². The van der Waals surface area contributed by atoms with Crippen LogP contribution in [0.15, 0.2) is 18.3 Å². The van der Waals surface area contributed by atoms with E-state index in [4.69, 9.17) is 5.73 Å². The molecular formula is C11H15N5. The van der Waals surface area contributed by atoms with Gasteiger partial charge in [-0.15, -0.1) is 5.10 Å². The minimum Gasteiger partial charge on any atom is -0.350 e. The fraction of sp³-hybridized carbons (Fsp3) is 0.455. The fourth-order valence-electron chi connectivity index (χ4n) is 2.06. The predicted molar refractivity (Wildman–Crippen MR) is 62.3 cm³/mol. The van der Waals surface area contributed by atoms with E-state index in [0.717, 1.165) is 24.1 Å². The van der Waals surface area contributed by atoms with Gasteiger partial charge >= 0.3 is 0 Å². The van der Waals surface area contributed by atoms with E-state index >= 15 is 0 Å². The van der Waals surface area contributed by atoms with Gasteiger partial charge in [-0.3, -0.25) is 0 Å². The van der Waals surface area contributed by atoms with Gasteiger partial charge in [0.2, 0.25) is 5.95 Å². The van der Waals surface area contributed by atoms with Gasteiger partial charge in [-0.25, -0.2) is 4.52 Å². The lowest BCUT2D eigenvalue weighted by atomic mass is 9.88. The highest BCUT2D eigenvalue weighted by atomic mass is 15.3. The standard InChI is InChI=1S/C11H15N5/c1-7-3-2-4-16-10(7)14-11(15-16)13-9-5-8(12)6-9/h2-4,8-9H,5-6,12H2,1H3,(H,13,15). The van der Waals surface area contributed by atoms with E-state index in [9.17, 15) is 0 Å². The van der Waals surface area contributed by atoms with Crippen molar-refractivity contribution in [2.75, 3.05) is 5.32 Å². The second-order valence-electron chi connectivity index (χ2n) is 4.47. The van der Waals surface area contributed by atoms with Gasteiger partial charge in [-0.1, -0.05) is 6.07 Å². The number of pyridine rings is 1. The van der Waals surface area contributed by atoms with Gasteiger partial charge in [0.15, 0.2) is 5.65 Å². The maximum Gasteiger partial charge on any atom is 0.243 e. The average molecular weight is 217 g/mol. The van der Waals surface area contributed by atoms with Crippen LogP contribution < -0.4 is 11.1 Å². The monoisotopic (exact) mass is 217 g/mol. The topological polar surface area (TPSA) is 68.2 Å². The van der Waals surface area contributed by atoms with Gasteiger partial charge in [0.25, 0.3) is 0 Å². The smallest absolute Gasteiger partial charge is 0.243 e. The molecule has 5 heteroatoms. The number of nitrogens with zero attached hydrogens (tertiary/aromatic N) is 3. The number of nitrogens with one attached hydrogen (secondary N) is 1. The Balaban J connectivity index is 1.85. The molecule has 1 fully saturated rings. The van der Waals surface area contributed by atoms with Gasteiger partial charge in [0.05, 0.1) is 0 Å². The molecule has 2 heterocycles. The third kappa shape index (κ3) is 1.53. The molecule has 0 saturated heterocycles. The molecule has 3 N–H and O–H groups in total. The van der Waals surface area contributed by atoms with Crippen LogP contribution in [0.5, 0.6) is 0 Å². The number of hydrogen-bond acceptors (Lipinski definition) is 4. The van der Waals surface area contributed by atoms with Crippen molar-refractivity contribution in [2.24, 2.45) is 5.73 Å². The van der Waals surface area contributed by atoms with Crippen molar-refractivity contribution in [1.82, 2.24) is 14.6 Å². The van der Waals surface area contributed by atoms with Crippen LogP contribution >= 0.6 is 0 Å². The second kappa shape index (κ2) is 3.45. The molecular weight excluding hydrogens is 202 g/mol. The summed E-state index contributed by atoms with van der Waals surface area (Å²) in [5.41, 5.74) is 7.78. The summed E-state index contributed by atoms with van der Waals surface area (Å²) in [6.07, 6.45) is 3.93. The molecule has 0 bridgehead atoms. The summed E-state index contributed by atoms with van der Waals surface area (Å²) in [6.45, 7) is 2.03. The molecule has 0 amide bonds. The van der Waals surface area contributed by atoms with Crippen LogP contribution in [0.1, 0.15) is 18.4 Å². The Kier molecular flexibility index (Phi) is 2.07. The predicted octanol–water partition coefficient (Wildman–Crippen LogP) is 0.939. The molecule has 3 rings (SSSR count). The normalized spacial score (nSPS) is 24.4. The molecule has 1 saturated carbocycles. The van der Waals surface area contributed by atoms with Gasteiger partial charge < -0.3 is 11.1 Å². The first kappa shape index (κ1) is 9.59. The van der Waals surface area contributed by atoms with E-state index in [2.05, 4.69) is 15.4 Å². The third-order valence-electron chi connectivity index (χ3n) is 3.07. The first-order chi connectivity index (χ1) is 7.72. The number of hydrogen-bond donors (Lipinski definition) is 2. The van der Waals surface area contributed by atoms with E-state index in [-0.39, 0.29) is 0 Å². The Morgan fingerprint density at radius 3 is 3.00 bits per heavy atom. The molecule has 84 valence electrons. The van der Waals surface area contributed by atoms with E-state index in [1.54, 1.807) is 4.52 Å². The first-order valence-corrected chi connectivity index (χ1v) is 5.56. The Hall–Kier alpha value is -1.62. The first-order valence-electron chi connectivity index (χ1n) is 5.56. The molecule has 0 spiro atoms. The van der Waals surface area contributed by atoms with Crippen LogP contribution in [0.4, 0.5) is 5.95 Å². The Morgan fingerprint density at radius 2 is 2.31 bits per heavy atom. The maximum absolute atomic E-state index is 5.74. The second-order valence-corrected chi connectivity index (χ2v) is 4.47. The van der Waals surface area contributed by atoms with E-state index < -0.39 is 0 Å². The molecule has 5 nitrogen and oxygen atoms in total. The molecule has 2 aromatic heterocycles. The summed E-state index contributed by atoms with van der Waals surface area (Å²) in [5.74, 6) is 0.700. The van der Waals surface area contributed by atoms with E-state index in [1.165, 1.54) is 0 Å². The largest absolute Gasteiger partial charge is 0.350 e. The van der Waals surface area contributed by atoms with Crippen LogP contribution in [-0.2, 0) is 0 Å². The lowest BCUT2D eigenvalue weighted by molar-refractivity contribution is 0.372. The molecule has 0 aromatic carbocycles. The number of rotatable bonds is 2. The average Bonchev–Trinajstić information content (AvgIpc) is 2.60. The number of aryl methyl sites for hydroxylation is 1. The Morgan fingerprint density at radius 1 is 1.50 bits per heavy atom. The summed E-state index contributed by atoms with van der Waals surface area (Å²) < 4.78 is 1.80. The SMILES string of the molecule is Cc1cccn2nc(NC3CC(N)C3)nc12. The van der Waals surface area contributed by atoms with Gasteiger partial charge in [0.1, 0.15) is 0 Å². The number of aromatic nitrogens is 3. The van der Waals surface area contributed by atoms with Gasteiger partial charge in [0, 0.05) is 18.3 Å². The number of anilines is 1. The van der Waals surface area contributed by atoms with Crippen LogP contribution in [0.3, 0.4) is 0 Å². The maximum atomic E-state index is 5.74. The fourth-order valence-corrected chi connectivity index (χ4v) is 2.06. The van der Waals surface area contributed by atoms with Gasteiger partial charge in [-0.2, -0.15) is 4.98 Å². The van der Waals surface area contributed by atoms with Crippen molar-refractivity contribution in [2.45, 2.75) is 31.8 Å². The Labute approximate surface area is 93.7 Å². The molecule has 0 atom stereocenters. The van der Waals surface area contributed by atoms with Crippen LogP contribution in [0.2, 0.25) is 0 Å². The van der Waals surface area contributed by atoms with Crippen molar-refractivity contribution in [3.63, 3.8) is 0 Å². The van der Waals surface area contributed by atoms with Crippen LogP contribution in [0, 0.1) is 6.92 Å². The quantitative estimate of drug-likeness (QED) is 0.785. The molecule has 1 aliphatic carbocycles. The molecule has 0 aliphatic heterocycles. The lowest BCUT2D eigenvalue weighted by Crippen LogP contribution is -2.44. The molecule has 0 unspecified atom stereocenters. The van der Waals surface area contributed by atoms with Crippen molar-refractivity contribution in [1.29, 1.82) is 0 Å². The third-order valence-corrected chi connectivity index (χ3v) is 3.07. The van der Waals surface area contributed by atoms with Crippen LogP contribution in [0.25, 0.3) is 5.65 Å². The summed E-state index contributed by atoms with van der Waals surface area (Å²) in [5, 5.41) is 7.68. The zero-order valence-electron chi connectivity index (χ0n) is 9.22.